The molecule has 0 bridgehead atoms. The summed E-state index contributed by atoms with van der Waals surface area (Å²) in [5.74, 6) is 1.49. The smallest absolute Gasteiger partial charge is 0.120 e. The quantitative estimate of drug-likeness (QED) is 0.533. The van der Waals surface area contributed by atoms with Crippen molar-refractivity contribution in [2.45, 2.75) is 0 Å². The Morgan fingerprint density at radius 3 is 3.00 bits per heavy atom. The van der Waals surface area contributed by atoms with E-state index in [1.165, 1.54) is 0 Å². The molecule has 3 heteroatoms. The molecule has 60 valence electrons. The van der Waals surface area contributed by atoms with E-state index < -0.39 is 0 Å². The van der Waals surface area contributed by atoms with Crippen molar-refractivity contribution in [2.75, 3.05) is 18.3 Å². The van der Waals surface area contributed by atoms with Gasteiger partial charge in [0.2, 0.25) is 0 Å². The van der Waals surface area contributed by atoms with Crippen LogP contribution in [0.1, 0.15) is 0 Å². The first-order chi connectivity index (χ1) is 5.36. The summed E-state index contributed by atoms with van der Waals surface area (Å²) >= 11 is 4.04. The molecule has 1 aromatic carbocycles. The molecule has 0 aliphatic heterocycles. The average Bonchev–Trinajstić information content (AvgIpc) is 2.06. The second-order valence-corrected chi connectivity index (χ2v) is 2.38. The van der Waals surface area contributed by atoms with Crippen molar-refractivity contribution >= 4 is 18.3 Å². The lowest BCUT2D eigenvalue weighted by Gasteiger charge is -2.04. The Balaban J connectivity index is 2.74. The third-order valence-corrected chi connectivity index (χ3v) is 1.51. The molecular formula is C8H11NOS. The summed E-state index contributed by atoms with van der Waals surface area (Å²) in [6.45, 7) is 0. The van der Waals surface area contributed by atoms with Crippen molar-refractivity contribution in [3.05, 3.63) is 24.3 Å². The average molecular weight is 169 g/mol. The highest BCUT2D eigenvalue weighted by molar-refractivity contribution is 7.80. The molecule has 0 aromatic heterocycles. The number of thiol groups is 1. The van der Waals surface area contributed by atoms with Crippen LogP contribution in [0.25, 0.3) is 0 Å². The summed E-state index contributed by atoms with van der Waals surface area (Å²) in [7, 11) is 1.65. The Morgan fingerprint density at radius 1 is 1.55 bits per heavy atom. The molecule has 0 radical (unpaired) electrons. The van der Waals surface area contributed by atoms with Crippen molar-refractivity contribution in [1.82, 2.24) is 0 Å². The van der Waals surface area contributed by atoms with Gasteiger partial charge in [0.25, 0.3) is 0 Å². The molecule has 0 saturated carbocycles. The van der Waals surface area contributed by atoms with Crippen LogP contribution in [0.3, 0.4) is 0 Å². The maximum Gasteiger partial charge on any atom is 0.120 e. The van der Waals surface area contributed by atoms with Crippen molar-refractivity contribution in [2.24, 2.45) is 0 Å². The van der Waals surface area contributed by atoms with E-state index in [1.54, 1.807) is 7.11 Å². The molecule has 0 aliphatic rings. The molecule has 1 aromatic rings. The van der Waals surface area contributed by atoms with E-state index in [-0.39, 0.29) is 0 Å². The fourth-order valence-electron chi connectivity index (χ4n) is 0.824. The van der Waals surface area contributed by atoms with Gasteiger partial charge in [0, 0.05) is 11.8 Å². The number of hydrogen-bond donors (Lipinski definition) is 2. The van der Waals surface area contributed by atoms with Gasteiger partial charge in [-0.1, -0.05) is 6.07 Å². The van der Waals surface area contributed by atoms with Gasteiger partial charge in [-0.05, 0) is 12.1 Å². The third-order valence-electron chi connectivity index (χ3n) is 1.35. The molecular weight excluding hydrogens is 158 g/mol. The zero-order valence-corrected chi connectivity index (χ0v) is 7.27. The number of benzene rings is 1. The number of hydrogen-bond acceptors (Lipinski definition) is 3. The van der Waals surface area contributed by atoms with E-state index in [0.717, 1.165) is 11.4 Å². The van der Waals surface area contributed by atoms with Crippen LogP contribution in [0.4, 0.5) is 5.69 Å². The molecule has 0 spiro atoms. The van der Waals surface area contributed by atoms with Gasteiger partial charge in [-0.25, -0.2) is 0 Å². The molecule has 0 amide bonds. The molecule has 0 saturated heterocycles. The molecule has 1 rings (SSSR count). The fourth-order valence-corrected chi connectivity index (χ4v) is 1.01. The zero-order chi connectivity index (χ0) is 8.10. The van der Waals surface area contributed by atoms with Gasteiger partial charge < -0.3 is 10.1 Å². The van der Waals surface area contributed by atoms with Crippen LogP contribution >= 0.6 is 12.6 Å². The SMILES string of the molecule is COc1cccc(NCS)c1. The van der Waals surface area contributed by atoms with Gasteiger partial charge >= 0.3 is 0 Å². The van der Waals surface area contributed by atoms with Crippen molar-refractivity contribution in [3.63, 3.8) is 0 Å². The maximum absolute atomic E-state index is 5.04. The van der Waals surface area contributed by atoms with Gasteiger partial charge in [0.05, 0.1) is 13.0 Å². The molecule has 0 fully saturated rings. The monoisotopic (exact) mass is 169 g/mol. The lowest BCUT2D eigenvalue weighted by atomic mass is 10.3. The summed E-state index contributed by atoms with van der Waals surface area (Å²) in [4.78, 5) is 0. The Morgan fingerprint density at radius 2 is 2.36 bits per heavy atom. The first-order valence-corrected chi connectivity index (χ1v) is 3.99. The molecule has 11 heavy (non-hydrogen) atoms. The normalized spacial score (nSPS) is 9.27. The second-order valence-electron chi connectivity index (χ2n) is 2.07. The summed E-state index contributed by atoms with van der Waals surface area (Å²) in [5, 5.41) is 3.07. The van der Waals surface area contributed by atoms with Crippen LogP contribution in [-0.4, -0.2) is 13.0 Å². The summed E-state index contributed by atoms with van der Waals surface area (Å²) in [5.41, 5.74) is 1.03. The van der Waals surface area contributed by atoms with Gasteiger partial charge in [0.1, 0.15) is 5.75 Å². The summed E-state index contributed by atoms with van der Waals surface area (Å²) in [6, 6.07) is 7.74. The Bertz CT molecular complexity index is 227. The molecule has 0 heterocycles. The number of anilines is 1. The second kappa shape index (κ2) is 4.13. The minimum absolute atomic E-state index is 0.632. The predicted octanol–water partition coefficient (Wildman–Crippen LogP) is 1.99. The Kier molecular flexibility index (Phi) is 3.11. The fraction of sp³-hybridized carbons (Fsp3) is 0.250. The van der Waals surface area contributed by atoms with E-state index >= 15 is 0 Å². The number of ether oxygens (including phenoxy) is 1. The van der Waals surface area contributed by atoms with Crippen LogP contribution in [0.2, 0.25) is 0 Å². The molecule has 1 N–H and O–H groups in total. The summed E-state index contributed by atoms with van der Waals surface area (Å²) in [6.07, 6.45) is 0. The van der Waals surface area contributed by atoms with Gasteiger partial charge in [-0.2, -0.15) is 12.6 Å². The van der Waals surface area contributed by atoms with Crippen molar-refractivity contribution < 1.29 is 4.74 Å². The van der Waals surface area contributed by atoms with Gasteiger partial charge in [-0.15, -0.1) is 0 Å². The van der Waals surface area contributed by atoms with E-state index in [0.29, 0.717) is 5.88 Å². The lowest BCUT2D eigenvalue weighted by Crippen LogP contribution is -1.94. The number of rotatable bonds is 3. The maximum atomic E-state index is 5.04. The molecule has 0 atom stereocenters. The Labute approximate surface area is 72.0 Å². The van der Waals surface area contributed by atoms with Gasteiger partial charge in [0.15, 0.2) is 0 Å². The minimum Gasteiger partial charge on any atom is -0.497 e. The third kappa shape index (κ3) is 2.35. The van der Waals surface area contributed by atoms with Gasteiger partial charge in [-0.3, -0.25) is 0 Å². The highest BCUT2D eigenvalue weighted by Gasteiger charge is 1.91. The predicted molar refractivity (Wildman–Crippen MR) is 50.5 cm³/mol. The zero-order valence-electron chi connectivity index (χ0n) is 6.37. The highest BCUT2D eigenvalue weighted by atomic mass is 32.1. The van der Waals surface area contributed by atoms with Crippen LogP contribution < -0.4 is 10.1 Å². The van der Waals surface area contributed by atoms with Crippen LogP contribution in [0.15, 0.2) is 24.3 Å². The van der Waals surface area contributed by atoms with E-state index in [2.05, 4.69) is 17.9 Å². The lowest BCUT2D eigenvalue weighted by molar-refractivity contribution is 0.415. The van der Waals surface area contributed by atoms with Crippen LogP contribution in [0, 0.1) is 0 Å². The summed E-state index contributed by atoms with van der Waals surface area (Å²) < 4.78 is 5.04. The standard InChI is InChI=1S/C8H11NOS/c1-10-8-4-2-3-7(5-8)9-6-11/h2-5,9,11H,6H2,1H3. The minimum atomic E-state index is 0.632. The topological polar surface area (TPSA) is 21.3 Å². The number of methoxy groups -OCH3 is 1. The molecule has 2 nitrogen and oxygen atoms in total. The first kappa shape index (κ1) is 8.27. The molecule has 0 unspecified atom stereocenters. The van der Waals surface area contributed by atoms with E-state index in [4.69, 9.17) is 4.74 Å². The van der Waals surface area contributed by atoms with Crippen molar-refractivity contribution in [1.29, 1.82) is 0 Å². The van der Waals surface area contributed by atoms with Crippen LogP contribution in [-0.2, 0) is 0 Å². The highest BCUT2D eigenvalue weighted by Crippen LogP contribution is 2.16. The van der Waals surface area contributed by atoms with Crippen molar-refractivity contribution in [3.8, 4) is 5.75 Å². The molecule has 0 aliphatic carbocycles. The van der Waals surface area contributed by atoms with E-state index in [9.17, 15) is 0 Å². The largest absolute Gasteiger partial charge is 0.497 e. The van der Waals surface area contributed by atoms with E-state index in [1.807, 2.05) is 24.3 Å². The first-order valence-electron chi connectivity index (χ1n) is 3.35. The Hall–Kier alpha value is -0.830. The van der Waals surface area contributed by atoms with Crippen LogP contribution in [0.5, 0.6) is 5.75 Å². The number of nitrogens with one attached hydrogen (secondary N) is 1.